The van der Waals surface area contributed by atoms with Crippen molar-refractivity contribution in [2.75, 3.05) is 33.4 Å². The molecule has 0 bridgehead atoms. The summed E-state index contributed by atoms with van der Waals surface area (Å²) in [6.07, 6.45) is 1.90. The number of benzene rings is 1. The Morgan fingerprint density at radius 1 is 1.41 bits per heavy atom. The molecule has 0 saturated heterocycles. The van der Waals surface area contributed by atoms with Crippen molar-refractivity contribution in [2.45, 2.75) is 6.04 Å². The van der Waals surface area contributed by atoms with Gasteiger partial charge in [-0.25, -0.2) is 0 Å². The fourth-order valence-corrected chi connectivity index (χ4v) is 1.74. The molecule has 3 heteroatoms. The van der Waals surface area contributed by atoms with Crippen molar-refractivity contribution in [3.63, 3.8) is 0 Å². The van der Waals surface area contributed by atoms with Crippen LogP contribution in [0.4, 0.5) is 0 Å². The maximum absolute atomic E-state index is 6.18. The van der Waals surface area contributed by atoms with E-state index in [1.807, 2.05) is 24.3 Å². The van der Waals surface area contributed by atoms with Crippen LogP contribution < -0.4 is 5.73 Å². The van der Waals surface area contributed by atoms with Crippen molar-refractivity contribution >= 4 is 0 Å². The number of rotatable bonds is 8. The second-order valence-corrected chi connectivity index (χ2v) is 4.06. The fraction of sp³-hybridized carbons (Fsp3) is 0.429. The number of methoxy groups -OCH3 is 1. The van der Waals surface area contributed by atoms with Gasteiger partial charge in [0, 0.05) is 32.8 Å². The molecule has 0 amide bonds. The zero-order chi connectivity index (χ0) is 12.5. The molecule has 1 aromatic carbocycles. The lowest BCUT2D eigenvalue weighted by Crippen LogP contribution is -2.34. The molecule has 3 nitrogen and oxygen atoms in total. The van der Waals surface area contributed by atoms with Crippen molar-refractivity contribution in [1.82, 2.24) is 4.90 Å². The molecule has 17 heavy (non-hydrogen) atoms. The van der Waals surface area contributed by atoms with Crippen molar-refractivity contribution < 1.29 is 4.74 Å². The molecule has 1 atom stereocenters. The Kier molecular flexibility index (Phi) is 6.55. The topological polar surface area (TPSA) is 38.5 Å². The van der Waals surface area contributed by atoms with Crippen LogP contribution in [0.15, 0.2) is 43.0 Å². The van der Waals surface area contributed by atoms with Crippen LogP contribution in [0.1, 0.15) is 11.6 Å². The van der Waals surface area contributed by atoms with E-state index in [-0.39, 0.29) is 6.04 Å². The molecular weight excluding hydrogens is 212 g/mol. The molecule has 1 unspecified atom stereocenters. The molecule has 0 aliphatic heterocycles. The highest BCUT2D eigenvalue weighted by Crippen LogP contribution is 2.10. The Morgan fingerprint density at radius 3 is 2.71 bits per heavy atom. The van der Waals surface area contributed by atoms with Gasteiger partial charge in [-0.1, -0.05) is 36.4 Å². The third-order valence-electron chi connectivity index (χ3n) is 2.68. The summed E-state index contributed by atoms with van der Waals surface area (Å²) in [5.74, 6) is 0. The summed E-state index contributed by atoms with van der Waals surface area (Å²) in [6.45, 7) is 7.02. The normalized spacial score (nSPS) is 12.6. The monoisotopic (exact) mass is 234 g/mol. The van der Waals surface area contributed by atoms with Gasteiger partial charge in [0.1, 0.15) is 0 Å². The lowest BCUT2D eigenvalue weighted by Gasteiger charge is -2.24. The van der Waals surface area contributed by atoms with Gasteiger partial charge in [-0.2, -0.15) is 0 Å². The minimum Gasteiger partial charge on any atom is -0.383 e. The van der Waals surface area contributed by atoms with Gasteiger partial charge < -0.3 is 10.5 Å². The van der Waals surface area contributed by atoms with Crippen molar-refractivity contribution in [3.8, 4) is 0 Å². The van der Waals surface area contributed by atoms with Crippen LogP contribution in [-0.4, -0.2) is 38.3 Å². The van der Waals surface area contributed by atoms with Crippen LogP contribution in [-0.2, 0) is 4.74 Å². The van der Waals surface area contributed by atoms with Gasteiger partial charge in [0.2, 0.25) is 0 Å². The van der Waals surface area contributed by atoms with E-state index in [2.05, 4.69) is 23.6 Å². The Balaban J connectivity index is 2.51. The smallest absolute Gasteiger partial charge is 0.0589 e. The van der Waals surface area contributed by atoms with Crippen molar-refractivity contribution in [2.24, 2.45) is 5.73 Å². The van der Waals surface area contributed by atoms with Gasteiger partial charge in [-0.3, -0.25) is 4.90 Å². The van der Waals surface area contributed by atoms with Gasteiger partial charge in [0.25, 0.3) is 0 Å². The number of nitrogens with two attached hydrogens (primary N) is 1. The van der Waals surface area contributed by atoms with Crippen molar-refractivity contribution in [3.05, 3.63) is 48.6 Å². The SMILES string of the molecule is C=CCN(CCOC)CC(N)c1ccccc1. The summed E-state index contributed by atoms with van der Waals surface area (Å²) in [4.78, 5) is 2.24. The van der Waals surface area contributed by atoms with Gasteiger partial charge in [0.15, 0.2) is 0 Å². The third kappa shape index (κ3) is 5.13. The predicted octanol–water partition coefficient (Wildman–Crippen LogP) is 1.82. The first-order valence-corrected chi connectivity index (χ1v) is 5.90. The van der Waals surface area contributed by atoms with Crippen LogP contribution in [0.2, 0.25) is 0 Å². The van der Waals surface area contributed by atoms with Crippen LogP contribution in [0.5, 0.6) is 0 Å². The largest absolute Gasteiger partial charge is 0.383 e. The molecule has 94 valence electrons. The maximum atomic E-state index is 6.18. The summed E-state index contributed by atoms with van der Waals surface area (Å²) in [5, 5.41) is 0. The van der Waals surface area contributed by atoms with Gasteiger partial charge in [-0.05, 0) is 5.56 Å². The number of hydrogen-bond acceptors (Lipinski definition) is 3. The molecule has 0 heterocycles. The summed E-state index contributed by atoms with van der Waals surface area (Å²) in [5.41, 5.74) is 7.35. The highest BCUT2D eigenvalue weighted by atomic mass is 16.5. The van der Waals surface area contributed by atoms with E-state index in [9.17, 15) is 0 Å². The molecule has 0 radical (unpaired) electrons. The molecule has 0 spiro atoms. The van der Waals surface area contributed by atoms with Gasteiger partial charge in [0.05, 0.1) is 6.61 Å². The molecule has 0 fully saturated rings. The van der Waals surface area contributed by atoms with Crippen molar-refractivity contribution in [1.29, 1.82) is 0 Å². The number of hydrogen-bond donors (Lipinski definition) is 1. The molecule has 0 aromatic heterocycles. The first-order valence-electron chi connectivity index (χ1n) is 5.90. The maximum Gasteiger partial charge on any atom is 0.0589 e. The Hall–Kier alpha value is -1.16. The van der Waals surface area contributed by atoms with Crippen LogP contribution >= 0.6 is 0 Å². The van der Waals surface area contributed by atoms with E-state index in [1.54, 1.807) is 7.11 Å². The summed E-state index contributed by atoms with van der Waals surface area (Å²) in [7, 11) is 1.71. The van der Waals surface area contributed by atoms with E-state index < -0.39 is 0 Å². The highest BCUT2D eigenvalue weighted by Gasteiger charge is 2.10. The average Bonchev–Trinajstić information content (AvgIpc) is 2.37. The zero-order valence-electron chi connectivity index (χ0n) is 10.5. The molecule has 0 saturated carbocycles. The zero-order valence-corrected chi connectivity index (χ0v) is 10.5. The second kappa shape index (κ2) is 8.01. The Morgan fingerprint density at radius 2 is 2.12 bits per heavy atom. The summed E-state index contributed by atoms with van der Waals surface area (Å²) in [6, 6.07) is 10.2. The lowest BCUT2D eigenvalue weighted by atomic mass is 10.1. The van der Waals surface area contributed by atoms with E-state index in [0.717, 1.165) is 26.2 Å². The minimum atomic E-state index is 0.0352. The highest BCUT2D eigenvalue weighted by molar-refractivity contribution is 5.18. The summed E-state index contributed by atoms with van der Waals surface area (Å²) < 4.78 is 5.09. The third-order valence-corrected chi connectivity index (χ3v) is 2.68. The fourth-order valence-electron chi connectivity index (χ4n) is 1.74. The van der Waals surface area contributed by atoms with E-state index >= 15 is 0 Å². The first-order chi connectivity index (χ1) is 8.27. The molecule has 2 N–H and O–H groups in total. The lowest BCUT2D eigenvalue weighted by molar-refractivity contribution is 0.151. The van der Waals surface area contributed by atoms with E-state index in [1.165, 1.54) is 5.56 Å². The number of nitrogens with zero attached hydrogens (tertiary/aromatic N) is 1. The molecule has 1 aromatic rings. The Bertz CT molecular complexity index is 313. The molecule has 1 rings (SSSR count). The second-order valence-electron chi connectivity index (χ2n) is 4.06. The van der Waals surface area contributed by atoms with Crippen LogP contribution in [0, 0.1) is 0 Å². The molecule has 0 aliphatic carbocycles. The predicted molar refractivity (Wildman–Crippen MR) is 71.9 cm³/mol. The Labute approximate surface area is 104 Å². The van der Waals surface area contributed by atoms with Crippen LogP contribution in [0.3, 0.4) is 0 Å². The summed E-state index contributed by atoms with van der Waals surface area (Å²) >= 11 is 0. The van der Waals surface area contributed by atoms with E-state index in [4.69, 9.17) is 10.5 Å². The van der Waals surface area contributed by atoms with Gasteiger partial charge >= 0.3 is 0 Å². The number of ether oxygens (including phenoxy) is 1. The first kappa shape index (κ1) is 13.9. The molecular formula is C14H22N2O. The minimum absolute atomic E-state index is 0.0352. The average molecular weight is 234 g/mol. The van der Waals surface area contributed by atoms with Crippen LogP contribution in [0.25, 0.3) is 0 Å². The quantitative estimate of drug-likeness (QED) is 0.697. The van der Waals surface area contributed by atoms with E-state index in [0.29, 0.717) is 0 Å². The van der Waals surface area contributed by atoms with Gasteiger partial charge in [-0.15, -0.1) is 6.58 Å². The standard InChI is InChI=1S/C14H22N2O/c1-3-9-16(10-11-17-2)12-14(15)13-7-5-4-6-8-13/h3-8,14H,1,9-12,15H2,2H3. The molecule has 0 aliphatic rings.